The van der Waals surface area contributed by atoms with Crippen LogP contribution in [0, 0.1) is 0 Å². The number of ether oxygens (including phenoxy) is 1. The SMILES string of the molecule is CC(C)(C)OC(=O)NCC(=O)Nc1ccc(N)c2c1C(=O)c1ccccc1C2=O. The predicted molar refractivity (Wildman–Crippen MR) is 107 cm³/mol. The van der Waals surface area contributed by atoms with Gasteiger partial charge in [0, 0.05) is 16.8 Å². The molecule has 8 heteroatoms. The van der Waals surface area contributed by atoms with Crippen LogP contribution in [0.1, 0.15) is 52.6 Å². The van der Waals surface area contributed by atoms with Crippen molar-refractivity contribution in [1.29, 1.82) is 0 Å². The zero-order valence-electron chi connectivity index (χ0n) is 16.3. The Morgan fingerprint density at radius 3 is 2.14 bits per heavy atom. The van der Waals surface area contributed by atoms with Crippen molar-refractivity contribution in [3.8, 4) is 0 Å². The number of amides is 2. The summed E-state index contributed by atoms with van der Waals surface area (Å²) in [5.41, 5.74) is 6.17. The maximum absolute atomic E-state index is 13.0. The summed E-state index contributed by atoms with van der Waals surface area (Å²) >= 11 is 0. The minimum Gasteiger partial charge on any atom is -0.444 e. The Labute approximate surface area is 167 Å². The molecule has 0 bridgehead atoms. The molecule has 150 valence electrons. The van der Waals surface area contributed by atoms with E-state index in [9.17, 15) is 19.2 Å². The molecular formula is C21H21N3O5. The molecule has 0 aromatic heterocycles. The van der Waals surface area contributed by atoms with Gasteiger partial charge in [0.15, 0.2) is 11.6 Å². The molecule has 2 amide bonds. The first-order chi connectivity index (χ1) is 13.6. The highest BCUT2D eigenvalue weighted by atomic mass is 16.6. The molecule has 0 fully saturated rings. The van der Waals surface area contributed by atoms with Crippen LogP contribution < -0.4 is 16.4 Å². The molecule has 1 aliphatic carbocycles. The second-order valence-electron chi connectivity index (χ2n) is 7.56. The van der Waals surface area contributed by atoms with Crippen molar-refractivity contribution in [1.82, 2.24) is 5.32 Å². The maximum atomic E-state index is 13.0. The van der Waals surface area contributed by atoms with Crippen LogP contribution >= 0.6 is 0 Å². The normalized spacial score (nSPS) is 12.7. The van der Waals surface area contributed by atoms with Gasteiger partial charge in [0.2, 0.25) is 5.91 Å². The van der Waals surface area contributed by atoms with E-state index < -0.39 is 23.4 Å². The molecule has 0 heterocycles. The molecule has 0 radical (unpaired) electrons. The standard InChI is InChI=1S/C21H21N3O5/c1-21(2,3)29-20(28)23-10-15(25)24-14-9-8-13(22)16-17(14)19(27)12-7-5-4-6-11(12)18(16)26/h4-9H,10,22H2,1-3H3,(H,23,28)(H,24,25). The number of nitrogens with two attached hydrogens (primary N) is 1. The van der Waals surface area contributed by atoms with Crippen LogP contribution in [-0.4, -0.2) is 35.7 Å². The van der Waals surface area contributed by atoms with E-state index in [1.807, 2.05) is 0 Å². The van der Waals surface area contributed by atoms with Crippen LogP contribution in [0.2, 0.25) is 0 Å². The number of alkyl carbamates (subject to hydrolysis) is 1. The number of anilines is 2. The molecule has 4 N–H and O–H groups in total. The molecule has 29 heavy (non-hydrogen) atoms. The highest BCUT2D eigenvalue weighted by molar-refractivity contribution is 6.32. The topological polar surface area (TPSA) is 128 Å². The lowest BCUT2D eigenvalue weighted by molar-refractivity contribution is -0.115. The summed E-state index contributed by atoms with van der Waals surface area (Å²) in [4.78, 5) is 49.8. The van der Waals surface area contributed by atoms with Crippen LogP contribution in [0.15, 0.2) is 36.4 Å². The van der Waals surface area contributed by atoms with Crippen molar-refractivity contribution in [3.63, 3.8) is 0 Å². The minimum atomic E-state index is -0.743. The highest BCUT2D eigenvalue weighted by Crippen LogP contribution is 2.35. The number of rotatable bonds is 3. The van der Waals surface area contributed by atoms with Gasteiger partial charge in [-0.2, -0.15) is 0 Å². The lowest BCUT2D eigenvalue weighted by atomic mass is 9.82. The van der Waals surface area contributed by atoms with E-state index >= 15 is 0 Å². The quantitative estimate of drug-likeness (QED) is 0.585. The zero-order valence-corrected chi connectivity index (χ0v) is 16.3. The van der Waals surface area contributed by atoms with E-state index in [0.717, 1.165) is 0 Å². The Morgan fingerprint density at radius 1 is 0.966 bits per heavy atom. The molecule has 0 aliphatic heterocycles. The van der Waals surface area contributed by atoms with Gasteiger partial charge in [0.05, 0.1) is 16.8 Å². The Morgan fingerprint density at radius 2 is 1.55 bits per heavy atom. The molecule has 2 aromatic carbocycles. The average molecular weight is 395 g/mol. The number of carbonyl (C=O) groups excluding carboxylic acids is 4. The second-order valence-corrected chi connectivity index (χ2v) is 7.56. The first kappa shape index (κ1) is 20.1. The molecule has 1 aliphatic rings. The van der Waals surface area contributed by atoms with E-state index in [-0.39, 0.29) is 46.0 Å². The van der Waals surface area contributed by atoms with Gasteiger partial charge in [-0.1, -0.05) is 24.3 Å². The van der Waals surface area contributed by atoms with Crippen molar-refractivity contribution >= 4 is 34.9 Å². The summed E-state index contributed by atoms with van der Waals surface area (Å²) in [7, 11) is 0. The summed E-state index contributed by atoms with van der Waals surface area (Å²) < 4.78 is 5.07. The minimum absolute atomic E-state index is 0.0410. The fourth-order valence-corrected chi connectivity index (χ4v) is 3.01. The summed E-state index contributed by atoms with van der Waals surface area (Å²) in [6.07, 6.45) is -0.743. The summed E-state index contributed by atoms with van der Waals surface area (Å²) in [6.45, 7) is 4.74. The molecule has 8 nitrogen and oxygen atoms in total. The third-order valence-corrected chi connectivity index (χ3v) is 4.17. The van der Waals surface area contributed by atoms with Gasteiger partial charge < -0.3 is 21.1 Å². The first-order valence-corrected chi connectivity index (χ1v) is 8.96. The van der Waals surface area contributed by atoms with Gasteiger partial charge in [-0.05, 0) is 32.9 Å². The number of ketones is 2. The van der Waals surface area contributed by atoms with Gasteiger partial charge in [-0.25, -0.2) is 4.79 Å². The fourth-order valence-electron chi connectivity index (χ4n) is 3.01. The van der Waals surface area contributed by atoms with E-state index in [1.165, 1.54) is 12.1 Å². The monoisotopic (exact) mass is 395 g/mol. The average Bonchev–Trinajstić information content (AvgIpc) is 2.64. The van der Waals surface area contributed by atoms with Gasteiger partial charge in [-0.15, -0.1) is 0 Å². The molecule has 0 unspecified atom stereocenters. The van der Waals surface area contributed by atoms with Crippen LogP contribution in [-0.2, 0) is 9.53 Å². The number of nitrogens with one attached hydrogen (secondary N) is 2. The number of hydrogen-bond donors (Lipinski definition) is 3. The maximum Gasteiger partial charge on any atom is 0.408 e. The van der Waals surface area contributed by atoms with Crippen LogP contribution in [0.4, 0.5) is 16.2 Å². The lowest BCUT2D eigenvalue weighted by Gasteiger charge is -2.22. The number of carbonyl (C=O) groups is 4. The van der Waals surface area contributed by atoms with E-state index in [1.54, 1.807) is 45.0 Å². The highest BCUT2D eigenvalue weighted by Gasteiger charge is 2.33. The van der Waals surface area contributed by atoms with Crippen molar-refractivity contribution in [2.24, 2.45) is 0 Å². The summed E-state index contributed by atoms with van der Waals surface area (Å²) in [5.74, 6) is -1.37. The Hall–Kier alpha value is -3.68. The predicted octanol–water partition coefficient (Wildman–Crippen LogP) is 2.51. The van der Waals surface area contributed by atoms with Gasteiger partial charge in [0.1, 0.15) is 12.1 Å². The number of nitrogen functional groups attached to an aromatic ring is 1. The van der Waals surface area contributed by atoms with E-state index in [0.29, 0.717) is 0 Å². The van der Waals surface area contributed by atoms with Crippen LogP contribution in [0.5, 0.6) is 0 Å². The molecule has 3 rings (SSSR count). The first-order valence-electron chi connectivity index (χ1n) is 8.96. The third kappa shape index (κ3) is 4.11. The molecule has 2 aromatic rings. The number of hydrogen-bond acceptors (Lipinski definition) is 6. The zero-order chi connectivity index (χ0) is 21.3. The van der Waals surface area contributed by atoms with Crippen molar-refractivity contribution in [2.45, 2.75) is 26.4 Å². The van der Waals surface area contributed by atoms with Crippen LogP contribution in [0.25, 0.3) is 0 Å². The Bertz CT molecular complexity index is 1040. The van der Waals surface area contributed by atoms with Crippen molar-refractivity contribution < 1.29 is 23.9 Å². The Kier molecular flexibility index (Phi) is 5.11. The summed E-state index contributed by atoms with van der Waals surface area (Å²) in [5, 5.41) is 4.90. The number of benzene rings is 2. The fraction of sp³-hybridized carbons (Fsp3) is 0.238. The van der Waals surface area contributed by atoms with Crippen molar-refractivity contribution in [3.05, 3.63) is 58.7 Å². The van der Waals surface area contributed by atoms with E-state index in [4.69, 9.17) is 10.5 Å². The lowest BCUT2D eigenvalue weighted by Crippen LogP contribution is -2.37. The smallest absolute Gasteiger partial charge is 0.408 e. The third-order valence-electron chi connectivity index (χ3n) is 4.17. The van der Waals surface area contributed by atoms with Crippen molar-refractivity contribution in [2.75, 3.05) is 17.6 Å². The molecule has 0 spiro atoms. The molecular weight excluding hydrogens is 374 g/mol. The van der Waals surface area contributed by atoms with Gasteiger partial charge in [0.25, 0.3) is 0 Å². The molecule has 0 atom stereocenters. The van der Waals surface area contributed by atoms with Gasteiger partial charge in [-0.3, -0.25) is 14.4 Å². The molecule has 0 saturated heterocycles. The number of fused-ring (bicyclic) bond motifs is 2. The largest absolute Gasteiger partial charge is 0.444 e. The second kappa shape index (κ2) is 7.38. The van der Waals surface area contributed by atoms with E-state index in [2.05, 4.69) is 10.6 Å². The Balaban J connectivity index is 1.84. The molecule has 0 saturated carbocycles. The van der Waals surface area contributed by atoms with Gasteiger partial charge >= 0.3 is 6.09 Å². The summed E-state index contributed by atoms with van der Waals surface area (Å²) in [6, 6.07) is 9.35. The van der Waals surface area contributed by atoms with Crippen LogP contribution in [0.3, 0.4) is 0 Å².